The summed E-state index contributed by atoms with van der Waals surface area (Å²) in [5, 5.41) is 8.64. The van der Waals surface area contributed by atoms with E-state index in [1.807, 2.05) is 0 Å². The monoisotopic (exact) mass is 319 g/mol. The number of sulfonamides is 1. The van der Waals surface area contributed by atoms with Crippen molar-refractivity contribution in [1.82, 2.24) is 4.72 Å². The molecule has 0 bridgehead atoms. The lowest BCUT2D eigenvalue weighted by Crippen LogP contribution is -2.24. The number of halogens is 1. The van der Waals surface area contributed by atoms with Crippen LogP contribution in [0.4, 0.5) is 0 Å². The first kappa shape index (κ1) is 17.4. The van der Waals surface area contributed by atoms with Crippen molar-refractivity contribution in [3.8, 4) is 0 Å². The molecule has 0 radical (unpaired) electrons. The van der Waals surface area contributed by atoms with Gasteiger partial charge in [0.1, 0.15) is 0 Å². The molecule has 0 aliphatic rings. The van der Waals surface area contributed by atoms with Gasteiger partial charge in [0.2, 0.25) is 10.0 Å². The molecule has 0 spiro atoms. The molecule has 20 heavy (non-hydrogen) atoms. The molecule has 0 heterocycles. The Morgan fingerprint density at radius 3 is 2.30 bits per heavy atom. The minimum atomic E-state index is -3.42. The first-order valence-corrected chi connectivity index (χ1v) is 8.87. The number of unbranched alkanes of at least 4 members (excludes halogenated alkanes) is 3. The molecule has 1 aromatic rings. The van der Waals surface area contributed by atoms with Gasteiger partial charge in [0.25, 0.3) is 0 Å². The summed E-state index contributed by atoms with van der Waals surface area (Å²) in [7, 11) is -3.42. The number of alkyl halides is 1. The molecule has 0 unspecified atom stereocenters. The highest BCUT2D eigenvalue weighted by molar-refractivity contribution is 7.89. The topological polar surface area (TPSA) is 66.4 Å². The molecule has 0 saturated heterocycles. The van der Waals surface area contributed by atoms with Gasteiger partial charge in [-0.3, -0.25) is 0 Å². The highest BCUT2D eigenvalue weighted by Gasteiger charge is 2.12. The molecule has 1 aromatic carbocycles. The van der Waals surface area contributed by atoms with E-state index < -0.39 is 10.0 Å². The fourth-order valence-corrected chi connectivity index (χ4v) is 3.12. The van der Waals surface area contributed by atoms with E-state index in [0.29, 0.717) is 12.4 Å². The van der Waals surface area contributed by atoms with Crippen molar-refractivity contribution in [2.24, 2.45) is 0 Å². The smallest absolute Gasteiger partial charge is 0.240 e. The summed E-state index contributed by atoms with van der Waals surface area (Å²) in [4.78, 5) is 0.284. The Bertz CT molecular complexity index is 474. The quantitative estimate of drug-likeness (QED) is 0.513. The average Bonchev–Trinajstić information content (AvgIpc) is 2.44. The van der Waals surface area contributed by atoms with E-state index in [4.69, 9.17) is 16.7 Å². The number of aryl methyl sites for hydroxylation is 1. The van der Waals surface area contributed by atoms with Crippen molar-refractivity contribution in [2.75, 3.05) is 19.0 Å². The van der Waals surface area contributed by atoms with Crippen LogP contribution in [0.1, 0.15) is 31.2 Å². The van der Waals surface area contributed by atoms with Crippen LogP contribution < -0.4 is 4.72 Å². The van der Waals surface area contributed by atoms with Crippen molar-refractivity contribution in [3.05, 3.63) is 29.8 Å². The summed E-state index contributed by atoms with van der Waals surface area (Å²) in [5.41, 5.74) is 1.03. The largest absolute Gasteiger partial charge is 0.396 e. The predicted molar refractivity (Wildman–Crippen MR) is 81.6 cm³/mol. The van der Waals surface area contributed by atoms with Crippen LogP contribution in [0.25, 0.3) is 0 Å². The molecule has 0 fully saturated rings. The van der Waals surface area contributed by atoms with Crippen LogP contribution in [-0.4, -0.2) is 32.6 Å². The minimum Gasteiger partial charge on any atom is -0.396 e. The van der Waals surface area contributed by atoms with E-state index >= 15 is 0 Å². The normalized spacial score (nSPS) is 11.7. The molecule has 1 rings (SSSR count). The number of aliphatic hydroxyl groups is 1. The molecule has 0 amide bonds. The van der Waals surface area contributed by atoms with Gasteiger partial charge < -0.3 is 5.11 Å². The molecule has 2 N–H and O–H groups in total. The van der Waals surface area contributed by atoms with Crippen molar-refractivity contribution in [3.63, 3.8) is 0 Å². The third-order valence-electron chi connectivity index (χ3n) is 2.99. The summed E-state index contributed by atoms with van der Waals surface area (Å²) in [5.74, 6) is 0.526. The molecule has 0 aliphatic carbocycles. The molecule has 114 valence electrons. The van der Waals surface area contributed by atoms with Crippen LogP contribution >= 0.6 is 11.6 Å². The first-order chi connectivity index (χ1) is 9.60. The number of nitrogens with one attached hydrogen (secondary N) is 1. The maximum absolute atomic E-state index is 12.0. The number of hydrogen-bond donors (Lipinski definition) is 2. The van der Waals surface area contributed by atoms with Crippen LogP contribution in [0, 0.1) is 0 Å². The van der Waals surface area contributed by atoms with E-state index in [1.165, 1.54) is 0 Å². The zero-order chi connectivity index (χ0) is 14.8. The fraction of sp³-hybridized carbons (Fsp3) is 0.571. The van der Waals surface area contributed by atoms with Crippen LogP contribution in [0.15, 0.2) is 29.2 Å². The fourth-order valence-electron chi connectivity index (χ4n) is 1.82. The van der Waals surface area contributed by atoms with Gasteiger partial charge in [0.15, 0.2) is 0 Å². The van der Waals surface area contributed by atoms with E-state index in [2.05, 4.69) is 4.72 Å². The molecular weight excluding hydrogens is 298 g/mol. The van der Waals surface area contributed by atoms with E-state index in [0.717, 1.165) is 37.7 Å². The van der Waals surface area contributed by atoms with Crippen LogP contribution in [0.5, 0.6) is 0 Å². The second kappa shape index (κ2) is 9.34. The lowest BCUT2D eigenvalue weighted by molar-refractivity contribution is 0.282. The zero-order valence-electron chi connectivity index (χ0n) is 11.5. The Balaban J connectivity index is 2.43. The Kier molecular flexibility index (Phi) is 8.14. The summed E-state index contributed by atoms with van der Waals surface area (Å²) in [6.45, 7) is 0.623. The van der Waals surface area contributed by atoms with Crippen molar-refractivity contribution in [1.29, 1.82) is 0 Å². The lowest BCUT2D eigenvalue weighted by Gasteiger charge is -2.07. The molecule has 0 atom stereocenters. The Hall–Kier alpha value is -0.620. The molecule has 6 heteroatoms. The standard InChI is InChI=1S/C14H22ClNO3S/c15-10-9-13-5-7-14(8-6-13)20(18,19)16-11-3-1-2-4-12-17/h5-8,16-17H,1-4,9-12H2. The SMILES string of the molecule is O=S(=O)(NCCCCCCO)c1ccc(CCCl)cc1. The van der Waals surface area contributed by atoms with E-state index in [9.17, 15) is 8.42 Å². The zero-order valence-corrected chi connectivity index (χ0v) is 13.1. The van der Waals surface area contributed by atoms with Crippen molar-refractivity contribution in [2.45, 2.75) is 37.0 Å². The second-order valence-corrected chi connectivity index (χ2v) is 6.76. The van der Waals surface area contributed by atoms with Gasteiger partial charge >= 0.3 is 0 Å². The molecular formula is C14H22ClNO3S. The van der Waals surface area contributed by atoms with Crippen molar-refractivity contribution >= 4 is 21.6 Å². The second-order valence-electron chi connectivity index (χ2n) is 4.62. The summed E-state index contributed by atoms with van der Waals surface area (Å²) in [6, 6.07) is 6.79. The van der Waals surface area contributed by atoms with Gasteiger partial charge in [0, 0.05) is 19.0 Å². The molecule has 0 aliphatic heterocycles. The number of aliphatic hydroxyl groups excluding tert-OH is 1. The maximum atomic E-state index is 12.0. The summed E-state index contributed by atoms with van der Waals surface area (Å²) < 4.78 is 26.6. The molecule has 0 aromatic heterocycles. The van der Waals surface area contributed by atoms with Crippen molar-refractivity contribution < 1.29 is 13.5 Å². The minimum absolute atomic E-state index is 0.195. The van der Waals surface area contributed by atoms with Gasteiger partial charge in [-0.25, -0.2) is 13.1 Å². The van der Waals surface area contributed by atoms with E-state index in [1.54, 1.807) is 24.3 Å². The summed E-state index contributed by atoms with van der Waals surface area (Å²) >= 11 is 5.64. The van der Waals surface area contributed by atoms with Gasteiger partial charge in [-0.05, 0) is 37.0 Å². The molecule has 4 nitrogen and oxygen atoms in total. The van der Waals surface area contributed by atoms with E-state index in [-0.39, 0.29) is 11.5 Å². The van der Waals surface area contributed by atoms with Crippen LogP contribution in [-0.2, 0) is 16.4 Å². The maximum Gasteiger partial charge on any atom is 0.240 e. The summed E-state index contributed by atoms with van der Waals surface area (Å²) in [6.07, 6.45) is 4.13. The lowest BCUT2D eigenvalue weighted by atomic mass is 10.2. The highest BCUT2D eigenvalue weighted by Crippen LogP contribution is 2.11. The van der Waals surface area contributed by atoms with Gasteiger partial charge in [-0.1, -0.05) is 25.0 Å². The average molecular weight is 320 g/mol. The number of hydrogen-bond acceptors (Lipinski definition) is 3. The van der Waals surface area contributed by atoms with Crippen LogP contribution in [0.3, 0.4) is 0 Å². The Morgan fingerprint density at radius 2 is 1.70 bits per heavy atom. The number of rotatable bonds is 10. The first-order valence-electron chi connectivity index (χ1n) is 6.85. The Morgan fingerprint density at radius 1 is 1.05 bits per heavy atom. The Labute approximate surface area is 126 Å². The third kappa shape index (κ3) is 6.22. The van der Waals surface area contributed by atoms with Crippen LogP contribution in [0.2, 0.25) is 0 Å². The van der Waals surface area contributed by atoms with Gasteiger partial charge in [0.05, 0.1) is 4.90 Å². The number of benzene rings is 1. The highest BCUT2D eigenvalue weighted by atomic mass is 35.5. The third-order valence-corrected chi connectivity index (χ3v) is 4.66. The predicted octanol–water partition coefficient (Wildman–Crippen LogP) is 2.30. The van der Waals surface area contributed by atoms with Gasteiger partial charge in [-0.2, -0.15) is 0 Å². The molecule has 0 saturated carbocycles. The van der Waals surface area contributed by atoms with Gasteiger partial charge in [-0.15, -0.1) is 11.6 Å².